The molecule has 0 unspecified atom stereocenters. The van der Waals surface area contributed by atoms with Gasteiger partial charge in [-0.25, -0.2) is 4.68 Å². The number of benzene rings is 1. The van der Waals surface area contributed by atoms with Crippen LogP contribution in [0.25, 0.3) is 16.9 Å². The number of nitrogens with one attached hydrogen (secondary N) is 1. The SMILES string of the molecule is Cc1ccc(-n2cc(C(=O)NCc3cc(-c4ccccc4)no3)nn2)c(C)n1. The van der Waals surface area contributed by atoms with E-state index < -0.39 is 0 Å². The van der Waals surface area contributed by atoms with Gasteiger partial charge in [0.1, 0.15) is 5.69 Å². The van der Waals surface area contributed by atoms with E-state index in [9.17, 15) is 4.79 Å². The first kappa shape index (κ1) is 17.6. The van der Waals surface area contributed by atoms with Gasteiger partial charge in [0.15, 0.2) is 11.5 Å². The lowest BCUT2D eigenvalue weighted by Gasteiger charge is -2.04. The van der Waals surface area contributed by atoms with Crippen LogP contribution >= 0.6 is 0 Å². The van der Waals surface area contributed by atoms with Crippen LogP contribution in [0, 0.1) is 13.8 Å². The summed E-state index contributed by atoms with van der Waals surface area (Å²) >= 11 is 0. The summed E-state index contributed by atoms with van der Waals surface area (Å²) in [6.07, 6.45) is 1.57. The summed E-state index contributed by atoms with van der Waals surface area (Å²) in [5.41, 5.74) is 4.39. The molecule has 3 heterocycles. The predicted octanol–water partition coefficient (Wildman–Crippen LogP) is 2.86. The number of amides is 1. The van der Waals surface area contributed by atoms with Crippen molar-refractivity contribution in [3.8, 4) is 16.9 Å². The molecule has 1 amide bonds. The second-order valence-electron chi connectivity index (χ2n) is 6.33. The van der Waals surface area contributed by atoms with Crippen LogP contribution < -0.4 is 5.32 Å². The number of carbonyl (C=O) groups is 1. The third-order valence-corrected chi connectivity index (χ3v) is 4.22. The van der Waals surface area contributed by atoms with E-state index in [1.807, 2.05) is 56.3 Å². The molecule has 1 aromatic carbocycles. The number of aromatic nitrogens is 5. The van der Waals surface area contributed by atoms with Crippen molar-refractivity contribution in [1.82, 2.24) is 30.5 Å². The normalized spacial score (nSPS) is 10.8. The molecular formula is C20H18N6O2. The van der Waals surface area contributed by atoms with Gasteiger partial charge in [-0.05, 0) is 26.0 Å². The van der Waals surface area contributed by atoms with Gasteiger partial charge in [0, 0.05) is 17.3 Å². The van der Waals surface area contributed by atoms with Crippen LogP contribution in [0.2, 0.25) is 0 Å². The maximum Gasteiger partial charge on any atom is 0.273 e. The minimum Gasteiger partial charge on any atom is -0.359 e. The lowest BCUT2D eigenvalue weighted by atomic mass is 10.1. The van der Waals surface area contributed by atoms with Crippen molar-refractivity contribution in [2.24, 2.45) is 0 Å². The molecule has 4 rings (SSSR count). The highest BCUT2D eigenvalue weighted by Crippen LogP contribution is 2.18. The maximum absolute atomic E-state index is 12.4. The Bertz CT molecular complexity index is 1120. The number of carbonyl (C=O) groups excluding carboxylic acids is 1. The average Bonchev–Trinajstić information content (AvgIpc) is 3.37. The van der Waals surface area contributed by atoms with E-state index in [0.717, 1.165) is 28.3 Å². The lowest BCUT2D eigenvalue weighted by Crippen LogP contribution is -2.22. The largest absolute Gasteiger partial charge is 0.359 e. The maximum atomic E-state index is 12.4. The molecule has 1 N–H and O–H groups in total. The predicted molar refractivity (Wildman–Crippen MR) is 102 cm³/mol. The second-order valence-corrected chi connectivity index (χ2v) is 6.33. The number of hydrogen-bond donors (Lipinski definition) is 1. The zero-order valence-electron chi connectivity index (χ0n) is 15.5. The van der Waals surface area contributed by atoms with Crippen molar-refractivity contribution in [1.29, 1.82) is 0 Å². The number of rotatable bonds is 5. The van der Waals surface area contributed by atoms with E-state index in [1.54, 1.807) is 16.9 Å². The van der Waals surface area contributed by atoms with Crippen LogP contribution in [0.15, 0.2) is 59.3 Å². The van der Waals surface area contributed by atoms with Crippen molar-refractivity contribution < 1.29 is 9.32 Å². The smallest absolute Gasteiger partial charge is 0.273 e. The minimum atomic E-state index is -0.346. The molecule has 0 aliphatic carbocycles. The van der Waals surface area contributed by atoms with Crippen molar-refractivity contribution >= 4 is 5.91 Å². The molecule has 0 bridgehead atoms. The summed E-state index contributed by atoms with van der Waals surface area (Å²) in [7, 11) is 0. The molecule has 28 heavy (non-hydrogen) atoms. The molecule has 4 aromatic rings. The minimum absolute atomic E-state index is 0.205. The summed E-state index contributed by atoms with van der Waals surface area (Å²) in [5.74, 6) is 0.208. The third kappa shape index (κ3) is 3.66. The quantitative estimate of drug-likeness (QED) is 0.577. The van der Waals surface area contributed by atoms with Crippen LogP contribution in [0.1, 0.15) is 27.6 Å². The number of aryl methyl sites for hydroxylation is 2. The van der Waals surface area contributed by atoms with Gasteiger partial charge in [-0.3, -0.25) is 9.78 Å². The van der Waals surface area contributed by atoms with Crippen LogP contribution in [0.3, 0.4) is 0 Å². The fraction of sp³-hybridized carbons (Fsp3) is 0.150. The Morgan fingerprint density at radius 3 is 2.75 bits per heavy atom. The summed E-state index contributed by atoms with van der Waals surface area (Å²) in [4.78, 5) is 16.8. The van der Waals surface area contributed by atoms with Crippen molar-refractivity contribution in [3.05, 3.63) is 77.6 Å². The fourth-order valence-electron chi connectivity index (χ4n) is 2.81. The Morgan fingerprint density at radius 1 is 1.14 bits per heavy atom. The summed E-state index contributed by atoms with van der Waals surface area (Å²) in [5, 5.41) is 14.8. The zero-order chi connectivity index (χ0) is 19.5. The van der Waals surface area contributed by atoms with Gasteiger partial charge in [-0.1, -0.05) is 40.7 Å². The topological polar surface area (TPSA) is 98.7 Å². The van der Waals surface area contributed by atoms with E-state index in [1.165, 1.54) is 0 Å². The van der Waals surface area contributed by atoms with Crippen LogP contribution in [-0.2, 0) is 6.54 Å². The molecule has 0 aliphatic heterocycles. The molecule has 0 fully saturated rings. The first-order valence-electron chi connectivity index (χ1n) is 8.76. The Balaban J connectivity index is 1.42. The van der Waals surface area contributed by atoms with E-state index in [0.29, 0.717) is 5.76 Å². The first-order chi connectivity index (χ1) is 13.6. The molecule has 0 saturated heterocycles. The Labute approximate surface area is 161 Å². The van der Waals surface area contributed by atoms with Gasteiger partial charge in [0.05, 0.1) is 24.1 Å². The number of nitrogens with zero attached hydrogens (tertiary/aromatic N) is 5. The van der Waals surface area contributed by atoms with Gasteiger partial charge in [-0.2, -0.15) is 0 Å². The van der Waals surface area contributed by atoms with Gasteiger partial charge < -0.3 is 9.84 Å². The third-order valence-electron chi connectivity index (χ3n) is 4.22. The molecule has 0 spiro atoms. The molecule has 8 nitrogen and oxygen atoms in total. The molecule has 0 aliphatic rings. The van der Waals surface area contributed by atoms with Crippen molar-refractivity contribution in [2.45, 2.75) is 20.4 Å². The van der Waals surface area contributed by atoms with Crippen molar-refractivity contribution in [3.63, 3.8) is 0 Å². The molecule has 140 valence electrons. The monoisotopic (exact) mass is 374 g/mol. The second kappa shape index (κ2) is 7.43. The van der Waals surface area contributed by atoms with Gasteiger partial charge in [0.2, 0.25) is 0 Å². The molecule has 8 heteroatoms. The molecule has 0 saturated carbocycles. The average molecular weight is 374 g/mol. The zero-order valence-corrected chi connectivity index (χ0v) is 15.5. The molecule has 0 atom stereocenters. The summed E-state index contributed by atoms with van der Waals surface area (Å²) in [6, 6.07) is 15.3. The highest BCUT2D eigenvalue weighted by atomic mass is 16.5. The highest BCUT2D eigenvalue weighted by Gasteiger charge is 2.14. The summed E-state index contributed by atoms with van der Waals surface area (Å²) in [6.45, 7) is 4.01. The molecular weight excluding hydrogens is 356 g/mol. The van der Waals surface area contributed by atoms with Crippen molar-refractivity contribution in [2.75, 3.05) is 0 Å². The Morgan fingerprint density at radius 2 is 1.96 bits per heavy atom. The lowest BCUT2D eigenvalue weighted by molar-refractivity contribution is 0.0942. The van der Waals surface area contributed by atoms with E-state index in [-0.39, 0.29) is 18.1 Å². The van der Waals surface area contributed by atoms with Gasteiger partial charge in [-0.15, -0.1) is 5.10 Å². The van der Waals surface area contributed by atoms with E-state index in [2.05, 4.69) is 25.8 Å². The van der Waals surface area contributed by atoms with Crippen LogP contribution in [0.4, 0.5) is 0 Å². The molecule has 3 aromatic heterocycles. The van der Waals surface area contributed by atoms with Gasteiger partial charge in [0.25, 0.3) is 5.91 Å². The van der Waals surface area contributed by atoms with Crippen LogP contribution in [0.5, 0.6) is 0 Å². The Kier molecular flexibility index (Phi) is 4.67. The Hall–Kier alpha value is -3.81. The first-order valence-corrected chi connectivity index (χ1v) is 8.76. The molecule has 0 radical (unpaired) electrons. The van der Waals surface area contributed by atoms with Crippen LogP contribution in [-0.4, -0.2) is 31.0 Å². The van der Waals surface area contributed by atoms with Gasteiger partial charge >= 0.3 is 0 Å². The van der Waals surface area contributed by atoms with E-state index in [4.69, 9.17) is 4.52 Å². The fourth-order valence-corrected chi connectivity index (χ4v) is 2.81. The van der Waals surface area contributed by atoms with E-state index >= 15 is 0 Å². The number of hydrogen-bond acceptors (Lipinski definition) is 6. The number of pyridine rings is 1. The standard InChI is InChI=1S/C20H18N6O2/c1-13-8-9-19(14(2)22-13)26-12-18(23-25-26)20(27)21-11-16-10-17(24-28-16)15-6-4-3-5-7-15/h3-10,12H,11H2,1-2H3,(H,21,27). The summed E-state index contributed by atoms with van der Waals surface area (Å²) < 4.78 is 6.83. The highest BCUT2D eigenvalue weighted by molar-refractivity contribution is 5.91.